The SMILES string of the molecule is CNC(CCC(=O)O)c1ccc(C(C)C)cc1. The summed E-state index contributed by atoms with van der Waals surface area (Å²) in [6.45, 7) is 4.32. The summed E-state index contributed by atoms with van der Waals surface area (Å²) < 4.78 is 0. The maximum absolute atomic E-state index is 10.6. The van der Waals surface area contributed by atoms with E-state index in [2.05, 4.69) is 43.4 Å². The summed E-state index contributed by atoms with van der Waals surface area (Å²) in [5.41, 5.74) is 2.46. The van der Waals surface area contributed by atoms with Gasteiger partial charge in [-0.2, -0.15) is 0 Å². The summed E-state index contributed by atoms with van der Waals surface area (Å²) in [6, 6.07) is 8.51. The Morgan fingerprint density at radius 2 is 1.76 bits per heavy atom. The smallest absolute Gasteiger partial charge is 0.303 e. The summed E-state index contributed by atoms with van der Waals surface area (Å²) >= 11 is 0. The number of carboxylic acid groups (broad SMARTS) is 1. The van der Waals surface area contributed by atoms with E-state index in [1.807, 2.05) is 7.05 Å². The van der Waals surface area contributed by atoms with Crippen molar-refractivity contribution < 1.29 is 9.90 Å². The minimum atomic E-state index is -0.746. The predicted molar refractivity (Wildman–Crippen MR) is 69.2 cm³/mol. The normalized spacial score (nSPS) is 12.7. The second-order valence-corrected chi connectivity index (χ2v) is 4.60. The Bertz CT molecular complexity index is 357. The Morgan fingerprint density at radius 1 is 1.24 bits per heavy atom. The second kappa shape index (κ2) is 6.40. The zero-order chi connectivity index (χ0) is 12.8. The highest BCUT2D eigenvalue weighted by molar-refractivity contribution is 5.66. The lowest BCUT2D eigenvalue weighted by atomic mass is 9.97. The van der Waals surface area contributed by atoms with E-state index in [9.17, 15) is 4.79 Å². The van der Waals surface area contributed by atoms with E-state index in [-0.39, 0.29) is 12.5 Å². The van der Waals surface area contributed by atoms with Gasteiger partial charge in [0.1, 0.15) is 0 Å². The topological polar surface area (TPSA) is 49.3 Å². The molecule has 1 aromatic carbocycles. The number of rotatable bonds is 6. The number of aliphatic carboxylic acids is 1. The van der Waals surface area contributed by atoms with Crippen molar-refractivity contribution in [2.75, 3.05) is 7.05 Å². The molecule has 17 heavy (non-hydrogen) atoms. The standard InChI is InChI=1S/C14H21NO2/c1-10(2)11-4-6-12(7-5-11)13(15-3)8-9-14(16)17/h4-7,10,13,15H,8-9H2,1-3H3,(H,16,17). The zero-order valence-electron chi connectivity index (χ0n) is 10.7. The van der Waals surface area contributed by atoms with Gasteiger partial charge in [-0.3, -0.25) is 4.79 Å². The van der Waals surface area contributed by atoms with Gasteiger partial charge in [0, 0.05) is 12.5 Å². The molecule has 0 amide bonds. The van der Waals surface area contributed by atoms with E-state index >= 15 is 0 Å². The molecule has 0 fully saturated rings. The summed E-state index contributed by atoms with van der Waals surface area (Å²) in [5, 5.41) is 11.9. The van der Waals surface area contributed by atoms with Gasteiger partial charge in [0.15, 0.2) is 0 Å². The lowest BCUT2D eigenvalue weighted by molar-refractivity contribution is -0.137. The molecule has 1 aromatic rings. The van der Waals surface area contributed by atoms with E-state index in [1.165, 1.54) is 5.56 Å². The Hall–Kier alpha value is -1.35. The van der Waals surface area contributed by atoms with E-state index < -0.39 is 5.97 Å². The predicted octanol–water partition coefficient (Wildman–Crippen LogP) is 2.94. The van der Waals surface area contributed by atoms with Crippen LogP contribution in [0.5, 0.6) is 0 Å². The number of nitrogens with one attached hydrogen (secondary N) is 1. The van der Waals surface area contributed by atoms with Crippen LogP contribution in [0.25, 0.3) is 0 Å². The van der Waals surface area contributed by atoms with E-state index in [1.54, 1.807) is 0 Å². The van der Waals surface area contributed by atoms with Gasteiger partial charge in [0.05, 0.1) is 0 Å². The van der Waals surface area contributed by atoms with Gasteiger partial charge in [-0.05, 0) is 30.5 Å². The fourth-order valence-corrected chi connectivity index (χ4v) is 1.86. The molecule has 3 nitrogen and oxygen atoms in total. The van der Waals surface area contributed by atoms with Gasteiger partial charge in [-0.25, -0.2) is 0 Å². The van der Waals surface area contributed by atoms with Gasteiger partial charge in [-0.15, -0.1) is 0 Å². The molecule has 94 valence electrons. The van der Waals surface area contributed by atoms with Crippen LogP contribution in [0.3, 0.4) is 0 Å². The fourth-order valence-electron chi connectivity index (χ4n) is 1.86. The summed E-state index contributed by atoms with van der Waals surface area (Å²) in [5.74, 6) is -0.222. The van der Waals surface area contributed by atoms with Gasteiger partial charge >= 0.3 is 5.97 Å². The van der Waals surface area contributed by atoms with Gasteiger partial charge in [0.2, 0.25) is 0 Å². The molecule has 0 heterocycles. The molecular weight excluding hydrogens is 214 g/mol. The maximum Gasteiger partial charge on any atom is 0.303 e. The van der Waals surface area contributed by atoms with Crippen molar-refractivity contribution in [3.63, 3.8) is 0 Å². The van der Waals surface area contributed by atoms with Gasteiger partial charge in [0.25, 0.3) is 0 Å². The van der Waals surface area contributed by atoms with Crippen LogP contribution in [0.1, 0.15) is 49.8 Å². The molecule has 2 N–H and O–H groups in total. The molecule has 0 aliphatic heterocycles. The number of carboxylic acids is 1. The van der Waals surface area contributed by atoms with E-state index in [0.29, 0.717) is 12.3 Å². The van der Waals surface area contributed by atoms with Crippen molar-refractivity contribution in [1.29, 1.82) is 0 Å². The molecule has 0 saturated carbocycles. The maximum atomic E-state index is 10.6. The summed E-state index contributed by atoms with van der Waals surface area (Å²) in [6.07, 6.45) is 0.810. The second-order valence-electron chi connectivity index (χ2n) is 4.60. The Morgan fingerprint density at radius 3 is 2.18 bits per heavy atom. The highest BCUT2D eigenvalue weighted by Crippen LogP contribution is 2.21. The quantitative estimate of drug-likeness (QED) is 0.797. The molecule has 1 unspecified atom stereocenters. The highest BCUT2D eigenvalue weighted by atomic mass is 16.4. The molecule has 1 rings (SSSR count). The lowest BCUT2D eigenvalue weighted by Crippen LogP contribution is -2.17. The van der Waals surface area contributed by atoms with Crippen LogP contribution in [0.4, 0.5) is 0 Å². The first-order valence-electron chi connectivity index (χ1n) is 6.03. The monoisotopic (exact) mass is 235 g/mol. The molecule has 0 aromatic heterocycles. The van der Waals surface area contributed by atoms with E-state index in [4.69, 9.17) is 5.11 Å². The van der Waals surface area contributed by atoms with Crippen molar-refractivity contribution in [1.82, 2.24) is 5.32 Å². The first-order chi connectivity index (χ1) is 8.04. The number of hydrogen-bond acceptors (Lipinski definition) is 2. The molecule has 0 saturated heterocycles. The van der Waals surface area contributed by atoms with Gasteiger partial charge in [-0.1, -0.05) is 38.1 Å². The van der Waals surface area contributed by atoms with Crippen LogP contribution in [0.2, 0.25) is 0 Å². The van der Waals surface area contributed by atoms with Crippen molar-refractivity contribution in [2.45, 2.75) is 38.6 Å². The molecule has 0 aliphatic rings. The average molecular weight is 235 g/mol. The van der Waals surface area contributed by atoms with Crippen LogP contribution in [-0.4, -0.2) is 18.1 Å². The Balaban J connectivity index is 2.71. The third-order valence-corrected chi connectivity index (χ3v) is 3.00. The lowest BCUT2D eigenvalue weighted by Gasteiger charge is -2.16. The van der Waals surface area contributed by atoms with Crippen LogP contribution in [0, 0.1) is 0 Å². The Labute approximate surface area is 103 Å². The minimum Gasteiger partial charge on any atom is -0.481 e. The van der Waals surface area contributed by atoms with Gasteiger partial charge < -0.3 is 10.4 Å². The average Bonchev–Trinajstić information content (AvgIpc) is 2.30. The highest BCUT2D eigenvalue weighted by Gasteiger charge is 2.11. The summed E-state index contributed by atoms with van der Waals surface area (Å²) in [4.78, 5) is 10.6. The van der Waals surface area contributed by atoms with Crippen LogP contribution in [0.15, 0.2) is 24.3 Å². The van der Waals surface area contributed by atoms with E-state index in [0.717, 1.165) is 5.56 Å². The van der Waals surface area contributed by atoms with Crippen LogP contribution in [-0.2, 0) is 4.79 Å². The third kappa shape index (κ3) is 4.19. The first-order valence-corrected chi connectivity index (χ1v) is 6.03. The minimum absolute atomic E-state index is 0.118. The number of benzene rings is 1. The number of hydrogen-bond donors (Lipinski definition) is 2. The van der Waals surface area contributed by atoms with Crippen molar-refractivity contribution in [2.24, 2.45) is 0 Å². The Kier molecular flexibility index (Phi) is 5.16. The van der Waals surface area contributed by atoms with Crippen LogP contribution < -0.4 is 5.32 Å². The van der Waals surface area contributed by atoms with Crippen molar-refractivity contribution in [3.05, 3.63) is 35.4 Å². The third-order valence-electron chi connectivity index (χ3n) is 3.00. The molecule has 0 bridgehead atoms. The molecule has 1 atom stereocenters. The molecule has 0 spiro atoms. The molecule has 0 aliphatic carbocycles. The molecule has 0 radical (unpaired) electrons. The van der Waals surface area contributed by atoms with Crippen molar-refractivity contribution in [3.8, 4) is 0 Å². The number of carbonyl (C=O) groups is 1. The molecular formula is C14H21NO2. The molecule has 3 heteroatoms. The zero-order valence-corrected chi connectivity index (χ0v) is 10.7. The van der Waals surface area contributed by atoms with Crippen LogP contribution >= 0.6 is 0 Å². The van der Waals surface area contributed by atoms with Crippen molar-refractivity contribution >= 4 is 5.97 Å². The largest absolute Gasteiger partial charge is 0.481 e. The summed E-state index contributed by atoms with van der Waals surface area (Å²) in [7, 11) is 1.86. The fraction of sp³-hybridized carbons (Fsp3) is 0.500. The first kappa shape index (κ1) is 13.7.